The van der Waals surface area contributed by atoms with E-state index >= 15 is 0 Å². The molecule has 0 aliphatic carbocycles. The molecule has 2 rings (SSSR count). The Morgan fingerprint density at radius 3 is 2.94 bits per heavy atom. The van der Waals surface area contributed by atoms with Crippen molar-refractivity contribution in [1.82, 2.24) is 9.78 Å². The summed E-state index contributed by atoms with van der Waals surface area (Å²) in [7, 11) is -2.48. The second kappa shape index (κ2) is 5.03. The van der Waals surface area contributed by atoms with E-state index in [1.165, 1.54) is 4.68 Å². The van der Waals surface area contributed by atoms with Crippen molar-refractivity contribution in [3.05, 3.63) is 11.3 Å². The molecule has 7 nitrogen and oxygen atoms in total. The molecule has 1 N–H and O–H groups in total. The van der Waals surface area contributed by atoms with Gasteiger partial charge >= 0.3 is 29.6 Å². The first kappa shape index (κ1) is 13.9. The molecule has 1 aliphatic rings. The van der Waals surface area contributed by atoms with E-state index in [-0.39, 0.29) is 53.0 Å². The van der Waals surface area contributed by atoms with Gasteiger partial charge in [0.25, 0.3) is 0 Å². The van der Waals surface area contributed by atoms with Gasteiger partial charge in [0.2, 0.25) is 5.88 Å². The van der Waals surface area contributed by atoms with Gasteiger partial charge in [0, 0.05) is 7.11 Å². The van der Waals surface area contributed by atoms with Gasteiger partial charge in [-0.05, 0) is 0 Å². The SMILES string of the molecule is CO[C@H]1COc2c(S([NH-])(=O)=O)cnn2C1.[Na+]. The van der Waals surface area contributed by atoms with Crippen LogP contribution < -0.4 is 34.3 Å². The van der Waals surface area contributed by atoms with Crippen LogP contribution in [0.5, 0.6) is 5.88 Å². The van der Waals surface area contributed by atoms with Gasteiger partial charge < -0.3 is 14.6 Å². The zero-order valence-corrected chi connectivity index (χ0v) is 11.8. The van der Waals surface area contributed by atoms with Gasteiger partial charge in [-0.2, -0.15) is 5.10 Å². The Bertz CT molecular complexity index is 472. The molecule has 9 heteroatoms. The third kappa shape index (κ3) is 2.58. The summed E-state index contributed by atoms with van der Waals surface area (Å²) in [5, 5.41) is 10.8. The maximum atomic E-state index is 11.0. The number of hydrogen-bond acceptors (Lipinski definition) is 5. The average Bonchev–Trinajstić information content (AvgIpc) is 2.59. The molecule has 0 saturated carbocycles. The minimum absolute atomic E-state index is 0. The predicted molar refractivity (Wildman–Crippen MR) is 50.0 cm³/mol. The van der Waals surface area contributed by atoms with Gasteiger partial charge in [0.15, 0.2) is 0 Å². The predicted octanol–water partition coefficient (Wildman–Crippen LogP) is -2.96. The van der Waals surface area contributed by atoms with Crippen molar-refractivity contribution < 1.29 is 47.4 Å². The molecule has 0 bridgehead atoms. The van der Waals surface area contributed by atoms with Crippen LogP contribution in [0.15, 0.2) is 11.1 Å². The van der Waals surface area contributed by atoms with Crippen LogP contribution in [0.4, 0.5) is 0 Å². The molecule has 0 fully saturated rings. The summed E-state index contributed by atoms with van der Waals surface area (Å²) >= 11 is 0. The molecule has 0 unspecified atom stereocenters. The Morgan fingerprint density at radius 1 is 1.69 bits per heavy atom. The van der Waals surface area contributed by atoms with Crippen LogP contribution in [0.25, 0.3) is 5.14 Å². The Balaban J connectivity index is 0.00000128. The second-order valence-electron chi connectivity index (χ2n) is 3.17. The normalized spacial score (nSPS) is 19.5. The van der Waals surface area contributed by atoms with Crippen LogP contribution in [0, 0.1) is 0 Å². The molecule has 1 aromatic heterocycles. The summed E-state index contributed by atoms with van der Waals surface area (Å²) in [5.74, 6) is 0.123. The molecular weight excluding hydrogens is 245 g/mol. The van der Waals surface area contributed by atoms with Crippen molar-refractivity contribution in [2.24, 2.45) is 0 Å². The maximum Gasteiger partial charge on any atom is 1.00 e. The number of hydrogen-bond donors (Lipinski definition) is 0. The largest absolute Gasteiger partial charge is 1.00 e. The molecule has 1 atom stereocenters. The van der Waals surface area contributed by atoms with E-state index < -0.39 is 10.0 Å². The van der Waals surface area contributed by atoms with Gasteiger partial charge in [0.05, 0.1) is 12.7 Å². The van der Waals surface area contributed by atoms with E-state index in [2.05, 4.69) is 5.10 Å². The smallest absolute Gasteiger partial charge is 0.560 e. The first-order valence-electron chi connectivity index (χ1n) is 4.23. The molecule has 1 aromatic rings. The molecule has 0 amide bonds. The third-order valence-corrected chi connectivity index (χ3v) is 3.02. The summed E-state index contributed by atoms with van der Waals surface area (Å²) < 4.78 is 33.7. The standard InChI is InChI=1S/C7H10N3O4S.Na/c1-13-5-3-10-7(14-4-5)6(2-9-10)15(8,11)12;/h2,5H,3-4H2,1H3,(H-,8,11,12);/q-1;+1/t5-;/m1./s1. The van der Waals surface area contributed by atoms with E-state index in [4.69, 9.17) is 14.6 Å². The van der Waals surface area contributed by atoms with E-state index in [1.54, 1.807) is 7.11 Å². The van der Waals surface area contributed by atoms with Crippen molar-refractivity contribution >= 4 is 10.0 Å². The Morgan fingerprint density at radius 2 is 2.38 bits per heavy atom. The first-order valence-corrected chi connectivity index (χ1v) is 5.71. The van der Waals surface area contributed by atoms with Crippen molar-refractivity contribution in [2.75, 3.05) is 13.7 Å². The zero-order chi connectivity index (χ0) is 11.1. The van der Waals surface area contributed by atoms with E-state index in [9.17, 15) is 8.42 Å². The molecule has 0 aromatic carbocycles. The van der Waals surface area contributed by atoms with Crippen LogP contribution in [0.2, 0.25) is 0 Å². The Kier molecular flexibility index (Phi) is 4.38. The molecule has 0 saturated heterocycles. The molecule has 84 valence electrons. The molecule has 2 heterocycles. The topological polar surface area (TPSA) is 94.2 Å². The molecule has 0 radical (unpaired) electrons. The van der Waals surface area contributed by atoms with Crippen molar-refractivity contribution in [3.63, 3.8) is 0 Å². The minimum Gasteiger partial charge on any atom is -0.560 e. The van der Waals surface area contributed by atoms with Crippen LogP contribution in [0.1, 0.15) is 0 Å². The van der Waals surface area contributed by atoms with E-state index in [0.717, 1.165) is 6.20 Å². The van der Waals surface area contributed by atoms with Gasteiger partial charge in [-0.25, -0.2) is 13.1 Å². The van der Waals surface area contributed by atoms with Gasteiger partial charge in [-0.1, -0.05) is 0 Å². The summed E-state index contributed by atoms with van der Waals surface area (Å²) in [6.45, 7) is 0.700. The zero-order valence-electron chi connectivity index (χ0n) is 9.00. The monoisotopic (exact) mass is 255 g/mol. The van der Waals surface area contributed by atoms with E-state index in [0.29, 0.717) is 6.54 Å². The van der Waals surface area contributed by atoms with Gasteiger partial charge in [0.1, 0.15) is 27.6 Å². The third-order valence-electron chi connectivity index (χ3n) is 2.16. The first-order chi connectivity index (χ1) is 7.02. The van der Waals surface area contributed by atoms with Gasteiger partial charge in [-0.15, -0.1) is 0 Å². The fraction of sp³-hybridized carbons (Fsp3) is 0.571. The number of nitrogens with one attached hydrogen (secondary N) is 1. The molecule has 16 heavy (non-hydrogen) atoms. The number of fused-ring (bicyclic) bond motifs is 1. The number of aromatic nitrogens is 2. The Hall–Kier alpha value is -0.120. The summed E-state index contributed by atoms with van der Waals surface area (Å²) in [5.41, 5.74) is 0. The second-order valence-corrected chi connectivity index (χ2v) is 4.61. The van der Waals surface area contributed by atoms with Gasteiger partial charge in [-0.3, -0.25) is 0 Å². The Labute approximate surface area is 115 Å². The maximum absolute atomic E-state index is 11.0. The van der Waals surface area contributed by atoms with Crippen molar-refractivity contribution in [1.29, 1.82) is 0 Å². The number of sulfonamides is 1. The molecular formula is C7H10N3NaO4S. The quantitative estimate of drug-likeness (QED) is 0.526. The number of rotatable bonds is 2. The number of methoxy groups -OCH3 is 1. The van der Waals surface area contributed by atoms with Crippen LogP contribution in [0.3, 0.4) is 0 Å². The molecule has 1 aliphatic heterocycles. The van der Waals surface area contributed by atoms with E-state index in [1.807, 2.05) is 0 Å². The number of nitrogens with zero attached hydrogens (tertiary/aromatic N) is 2. The fourth-order valence-corrected chi connectivity index (χ4v) is 1.96. The van der Waals surface area contributed by atoms with Crippen molar-refractivity contribution in [3.8, 4) is 5.88 Å². The van der Waals surface area contributed by atoms with Crippen LogP contribution >= 0.6 is 0 Å². The molecule has 0 spiro atoms. The number of ether oxygens (including phenoxy) is 2. The van der Waals surface area contributed by atoms with Crippen molar-refractivity contribution in [2.45, 2.75) is 17.5 Å². The summed E-state index contributed by atoms with van der Waals surface area (Å²) in [6, 6.07) is 0. The minimum atomic E-state index is -4.02. The average molecular weight is 255 g/mol. The summed E-state index contributed by atoms with van der Waals surface area (Å²) in [6.07, 6.45) is 0.981. The fourth-order valence-electron chi connectivity index (χ4n) is 1.38. The van der Waals surface area contributed by atoms with Crippen LogP contribution in [-0.2, 0) is 21.3 Å². The summed E-state index contributed by atoms with van der Waals surface area (Å²) in [4.78, 5) is -0.197. The van der Waals surface area contributed by atoms with Crippen LogP contribution in [-0.4, -0.2) is 38.0 Å².